The highest BCUT2D eigenvalue weighted by Gasteiger charge is 2.52. The first-order valence-corrected chi connectivity index (χ1v) is 10.4. The lowest BCUT2D eigenvalue weighted by Crippen LogP contribution is -2.43. The van der Waals surface area contributed by atoms with Gasteiger partial charge in [0.05, 0.1) is 18.1 Å². The highest BCUT2D eigenvalue weighted by molar-refractivity contribution is 8.01. The van der Waals surface area contributed by atoms with E-state index < -0.39 is 11.5 Å². The second kappa shape index (κ2) is 7.91. The lowest BCUT2D eigenvalue weighted by Gasteiger charge is -2.35. The van der Waals surface area contributed by atoms with Crippen molar-refractivity contribution in [3.63, 3.8) is 0 Å². The van der Waals surface area contributed by atoms with Crippen molar-refractivity contribution in [2.24, 2.45) is 5.92 Å². The van der Waals surface area contributed by atoms with E-state index in [0.717, 1.165) is 32.1 Å². The van der Waals surface area contributed by atoms with Crippen LogP contribution in [0.1, 0.15) is 38.5 Å². The van der Waals surface area contributed by atoms with E-state index in [-0.39, 0.29) is 30.0 Å². The summed E-state index contributed by atoms with van der Waals surface area (Å²) in [5.74, 6) is -0.774. The molecule has 0 bridgehead atoms. The number of hydrogen-bond acceptors (Lipinski definition) is 8. The van der Waals surface area contributed by atoms with Crippen LogP contribution in [0.15, 0.2) is 4.34 Å². The van der Waals surface area contributed by atoms with Gasteiger partial charge < -0.3 is 15.0 Å². The normalized spacial score (nSPS) is 21.5. The predicted octanol–water partition coefficient (Wildman–Crippen LogP) is 1.92. The molecule has 1 aliphatic carbocycles. The van der Waals surface area contributed by atoms with E-state index in [2.05, 4.69) is 15.5 Å². The molecule has 1 N–H and O–H groups in total. The van der Waals surface area contributed by atoms with Crippen molar-refractivity contribution in [1.29, 1.82) is 0 Å². The van der Waals surface area contributed by atoms with E-state index in [1.165, 1.54) is 28.0 Å². The molecule has 1 unspecified atom stereocenters. The molecule has 0 aromatic carbocycles. The molecule has 1 aliphatic heterocycles. The molecular formula is C16H22N4O4S2. The fraction of sp³-hybridized carbons (Fsp3) is 0.688. The maximum absolute atomic E-state index is 12.7. The number of carbonyl (C=O) groups excluding carboxylic acids is 3. The van der Waals surface area contributed by atoms with Crippen LogP contribution < -0.4 is 5.32 Å². The Bertz CT molecular complexity index is 700. The zero-order valence-electron chi connectivity index (χ0n) is 14.8. The van der Waals surface area contributed by atoms with Gasteiger partial charge in [0.2, 0.25) is 16.9 Å². The predicted molar refractivity (Wildman–Crippen MR) is 98.0 cm³/mol. The van der Waals surface area contributed by atoms with Crippen molar-refractivity contribution in [3.05, 3.63) is 0 Å². The van der Waals surface area contributed by atoms with Crippen LogP contribution in [0.25, 0.3) is 0 Å². The summed E-state index contributed by atoms with van der Waals surface area (Å²) in [6.45, 7) is 0. The number of nitrogens with zero attached hydrogens (tertiary/aromatic N) is 3. The van der Waals surface area contributed by atoms with Crippen molar-refractivity contribution < 1.29 is 19.1 Å². The molecule has 1 atom stereocenters. The summed E-state index contributed by atoms with van der Waals surface area (Å²) < 4.78 is 6.19. The summed E-state index contributed by atoms with van der Waals surface area (Å²) in [6.07, 6.45) is 4.63. The topological polar surface area (TPSA) is 101 Å². The minimum Gasteiger partial charge on any atom is -0.458 e. The van der Waals surface area contributed by atoms with E-state index in [0.29, 0.717) is 9.47 Å². The van der Waals surface area contributed by atoms with Gasteiger partial charge in [0.25, 0.3) is 0 Å². The third kappa shape index (κ3) is 4.17. The molecule has 2 aliphatic rings. The van der Waals surface area contributed by atoms with Gasteiger partial charge in [-0.25, -0.2) is 0 Å². The number of anilines is 1. The Morgan fingerprint density at radius 2 is 2.04 bits per heavy atom. The second-order valence-corrected chi connectivity index (χ2v) is 9.00. The van der Waals surface area contributed by atoms with Gasteiger partial charge in [-0.15, -0.1) is 10.2 Å². The maximum atomic E-state index is 12.7. The van der Waals surface area contributed by atoms with E-state index in [9.17, 15) is 14.4 Å². The number of aromatic nitrogens is 2. The van der Waals surface area contributed by atoms with Crippen molar-refractivity contribution in [2.75, 3.05) is 25.2 Å². The first kappa shape index (κ1) is 19.1. The van der Waals surface area contributed by atoms with Crippen molar-refractivity contribution in [3.8, 4) is 0 Å². The number of rotatable bonds is 5. The summed E-state index contributed by atoms with van der Waals surface area (Å²) in [6, 6.07) is 0. The second-order valence-electron chi connectivity index (χ2n) is 6.80. The molecule has 3 rings (SSSR count). The van der Waals surface area contributed by atoms with Gasteiger partial charge in [0.15, 0.2) is 4.34 Å². The lowest BCUT2D eigenvalue weighted by molar-refractivity contribution is -0.153. The Hall–Kier alpha value is -1.68. The van der Waals surface area contributed by atoms with Crippen LogP contribution in [0.3, 0.4) is 0 Å². The SMILES string of the molecule is CN(C)C(=O)CSc1nnc(NC(=O)C2CC(=O)OC23CCCCC3)s1. The maximum Gasteiger partial charge on any atom is 0.307 e. The summed E-state index contributed by atoms with van der Waals surface area (Å²) in [5.41, 5.74) is -0.653. The molecule has 2 fully saturated rings. The van der Waals surface area contributed by atoms with Gasteiger partial charge in [0, 0.05) is 14.1 Å². The summed E-state index contributed by atoms with van der Waals surface area (Å²) in [4.78, 5) is 37.7. The molecule has 10 heteroatoms. The Labute approximate surface area is 160 Å². The number of hydrogen-bond donors (Lipinski definition) is 1. The lowest BCUT2D eigenvalue weighted by atomic mass is 9.75. The number of carbonyl (C=O) groups is 3. The Morgan fingerprint density at radius 3 is 2.73 bits per heavy atom. The molecule has 1 spiro atoms. The third-order valence-corrected chi connectivity index (χ3v) is 6.75. The van der Waals surface area contributed by atoms with Gasteiger partial charge >= 0.3 is 5.97 Å². The zero-order valence-corrected chi connectivity index (χ0v) is 16.5. The van der Waals surface area contributed by atoms with Crippen LogP contribution in [0.5, 0.6) is 0 Å². The van der Waals surface area contributed by atoms with Crippen molar-refractivity contribution in [2.45, 2.75) is 48.5 Å². The summed E-state index contributed by atoms with van der Waals surface area (Å²) in [7, 11) is 3.39. The molecule has 1 saturated heterocycles. The van der Waals surface area contributed by atoms with Crippen LogP contribution in [-0.2, 0) is 19.1 Å². The molecule has 8 nitrogen and oxygen atoms in total. The van der Waals surface area contributed by atoms with Gasteiger partial charge in [-0.05, 0) is 25.7 Å². The molecule has 0 radical (unpaired) electrons. The Kier molecular flexibility index (Phi) is 5.81. The fourth-order valence-electron chi connectivity index (χ4n) is 3.39. The van der Waals surface area contributed by atoms with E-state index in [4.69, 9.17) is 4.74 Å². The minimum absolute atomic E-state index is 0.0170. The third-order valence-electron chi connectivity index (χ3n) is 4.79. The monoisotopic (exact) mass is 398 g/mol. The Balaban J connectivity index is 1.61. The number of ether oxygens (including phenoxy) is 1. The van der Waals surface area contributed by atoms with Crippen LogP contribution in [-0.4, -0.2) is 58.3 Å². The van der Waals surface area contributed by atoms with Crippen molar-refractivity contribution in [1.82, 2.24) is 15.1 Å². The molecule has 142 valence electrons. The molecule has 2 amide bonds. The summed E-state index contributed by atoms with van der Waals surface area (Å²) in [5, 5.41) is 11.1. The molecule has 26 heavy (non-hydrogen) atoms. The van der Waals surface area contributed by atoms with E-state index in [1.54, 1.807) is 14.1 Å². The van der Waals surface area contributed by atoms with E-state index >= 15 is 0 Å². The standard InChI is InChI=1S/C16H22N4O4S2/c1-20(2)11(21)9-25-15-19-18-14(26-15)17-13(23)10-8-12(22)24-16(10)6-4-3-5-7-16/h10H,3-9H2,1-2H3,(H,17,18,23). The van der Waals surface area contributed by atoms with Gasteiger partial charge in [-0.1, -0.05) is 29.5 Å². The van der Waals surface area contributed by atoms with Gasteiger partial charge in [-0.3, -0.25) is 14.4 Å². The highest BCUT2D eigenvalue weighted by atomic mass is 32.2. The number of esters is 1. The smallest absolute Gasteiger partial charge is 0.307 e. The quantitative estimate of drug-likeness (QED) is 0.459. The summed E-state index contributed by atoms with van der Waals surface area (Å²) >= 11 is 2.50. The number of nitrogens with one attached hydrogen (secondary N) is 1. The number of amides is 2. The first-order valence-electron chi connectivity index (χ1n) is 8.59. The number of thioether (sulfide) groups is 1. The highest BCUT2D eigenvalue weighted by Crippen LogP contribution is 2.44. The van der Waals surface area contributed by atoms with Crippen molar-refractivity contribution >= 4 is 46.0 Å². The largest absolute Gasteiger partial charge is 0.458 e. The average molecular weight is 399 g/mol. The van der Waals surface area contributed by atoms with Crippen LogP contribution in [0.4, 0.5) is 5.13 Å². The first-order chi connectivity index (χ1) is 12.4. The zero-order chi connectivity index (χ0) is 18.7. The average Bonchev–Trinajstić information content (AvgIpc) is 3.17. The van der Waals surface area contributed by atoms with Gasteiger partial charge in [-0.2, -0.15) is 0 Å². The van der Waals surface area contributed by atoms with Crippen LogP contribution >= 0.6 is 23.1 Å². The molecule has 1 aromatic rings. The fourth-order valence-corrected chi connectivity index (χ4v) is 5.12. The van der Waals surface area contributed by atoms with Gasteiger partial charge in [0.1, 0.15) is 5.60 Å². The Morgan fingerprint density at radius 1 is 1.31 bits per heavy atom. The molecule has 2 heterocycles. The molecular weight excluding hydrogens is 376 g/mol. The van der Waals surface area contributed by atoms with Crippen LogP contribution in [0, 0.1) is 5.92 Å². The van der Waals surface area contributed by atoms with E-state index in [1.807, 2.05) is 0 Å². The minimum atomic E-state index is -0.653. The molecule has 1 saturated carbocycles. The van der Waals surface area contributed by atoms with Crippen LogP contribution in [0.2, 0.25) is 0 Å². The molecule has 1 aromatic heterocycles.